The molecule has 4 N–H and O–H groups in total. The van der Waals surface area contributed by atoms with E-state index in [-0.39, 0.29) is 28.9 Å². The van der Waals surface area contributed by atoms with Crippen LogP contribution >= 0.6 is 0 Å². The molecule has 1 aromatic heterocycles. The number of nitrogen functional groups attached to an aromatic ring is 1. The summed E-state index contributed by atoms with van der Waals surface area (Å²) < 4.78 is 33.8. The molecule has 1 unspecified atom stereocenters. The zero-order valence-corrected chi connectivity index (χ0v) is 17.0. The van der Waals surface area contributed by atoms with Crippen molar-refractivity contribution in [1.29, 1.82) is 5.26 Å². The third kappa shape index (κ3) is 4.05. The predicted octanol–water partition coefficient (Wildman–Crippen LogP) is 3.42. The molecule has 0 radical (unpaired) electrons. The van der Waals surface area contributed by atoms with Gasteiger partial charge in [0, 0.05) is 18.2 Å². The number of benzene rings is 2. The lowest BCUT2D eigenvalue weighted by Gasteiger charge is -2.29. The van der Waals surface area contributed by atoms with Crippen LogP contribution in [0.1, 0.15) is 29.2 Å². The fraction of sp³-hybridized carbons (Fsp3) is 0.227. The summed E-state index contributed by atoms with van der Waals surface area (Å²) in [6.07, 6.45) is 3.67. The molecule has 10 heteroatoms. The molecule has 0 aliphatic carbocycles. The minimum atomic E-state index is -1.03. The molecule has 1 aliphatic rings. The first-order chi connectivity index (χ1) is 15.4. The van der Waals surface area contributed by atoms with Gasteiger partial charge in [-0.15, -0.1) is 0 Å². The number of ether oxygens (including phenoxy) is 1. The summed E-state index contributed by atoms with van der Waals surface area (Å²) in [5.74, 6) is -2.17. The summed E-state index contributed by atoms with van der Waals surface area (Å²) in [6.45, 7) is 1.09. The maximum atomic E-state index is 13.5. The van der Waals surface area contributed by atoms with Crippen molar-refractivity contribution >= 4 is 11.7 Å². The van der Waals surface area contributed by atoms with Gasteiger partial charge in [-0.2, -0.15) is 10.4 Å². The molecule has 4 rings (SSSR count). The Hall–Kier alpha value is -4.13. The number of anilines is 1. The number of aromatic nitrogens is 2. The highest BCUT2D eigenvalue weighted by atomic mass is 19.2. The first-order valence-electron chi connectivity index (χ1n) is 9.93. The van der Waals surface area contributed by atoms with Crippen molar-refractivity contribution in [2.45, 2.75) is 18.9 Å². The number of carbonyl (C=O) groups is 1. The zero-order valence-electron chi connectivity index (χ0n) is 17.0. The van der Waals surface area contributed by atoms with Crippen LogP contribution in [-0.2, 0) is 0 Å². The number of nitrogens with two attached hydrogens (primary N) is 2. The van der Waals surface area contributed by atoms with Crippen LogP contribution in [0.5, 0.6) is 11.5 Å². The molecular formula is C22H20F2N6O2. The molecule has 0 saturated carbocycles. The average Bonchev–Trinajstić information content (AvgIpc) is 3.14. The molecule has 1 amide bonds. The summed E-state index contributed by atoms with van der Waals surface area (Å²) in [6, 6.07) is 9.63. The molecule has 1 aliphatic heterocycles. The van der Waals surface area contributed by atoms with E-state index in [9.17, 15) is 18.8 Å². The van der Waals surface area contributed by atoms with Crippen LogP contribution in [0.4, 0.5) is 14.6 Å². The van der Waals surface area contributed by atoms with Crippen molar-refractivity contribution in [1.82, 2.24) is 14.7 Å². The molecular weight excluding hydrogens is 418 g/mol. The van der Waals surface area contributed by atoms with E-state index in [0.29, 0.717) is 24.4 Å². The monoisotopic (exact) mass is 438 g/mol. The van der Waals surface area contributed by atoms with Gasteiger partial charge in [-0.25, -0.2) is 13.5 Å². The highest BCUT2D eigenvalue weighted by molar-refractivity contribution is 6.03. The lowest BCUT2D eigenvalue weighted by Crippen LogP contribution is -2.34. The van der Waals surface area contributed by atoms with Crippen molar-refractivity contribution in [2.75, 3.05) is 18.8 Å². The van der Waals surface area contributed by atoms with E-state index >= 15 is 0 Å². The Balaban J connectivity index is 1.70. The SMILES string of the molecule is N#CN1CCCC(n2nc(-c3cccc(Oc4ccc(F)c(F)c4)c3)c(C(N)=O)c2N)C1. The lowest BCUT2D eigenvalue weighted by molar-refractivity contribution is 0.100. The van der Waals surface area contributed by atoms with Gasteiger partial charge >= 0.3 is 0 Å². The highest BCUT2D eigenvalue weighted by Gasteiger charge is 2.28. The number of carbonyl (C=O) groups excluding carboxylic acids is 1. The third-order valence-corrected chi connectivity index (χ3v) is 5.31. The van der Waals surface area contributed by atoms with Crippen LogP contribution in [0.2, 0.25) is 0 Å². The van der Waals surface area contributed by atoms with E-state index in [1.807, 2.05) is 0 Å². The van der Waals surface area contributed by atoms with Crippen LogP contribution in [0.25, 0.3) is 11.3 Å². The summed E-state index contributed by atoms with van der Waals surface area (Å²) in [5, 5.41) is 13.8. The van der Waals surface area contributed by atoms with Gasteiger partial charge in [0.15, 0.2) is 17.8 Å². The number of amides is 1. The zero-order chi connectivity index (χ0) is 22.8. The van der Waals surface area contributed by atoms with Crippen molar-refractivity contribution < 1.29 is 18.3 Å². The summed E-state index contributed by atoms with van der Waals surface area (Å²) >= 11 is 0. The molecule has 32 heavy (non-hydrogen) atoms. The minimum Gasteiger partial charge on any atom is -0.457 e. The second-order valence-corrected chi connectivity index (χ2v) is 7.47. The molecule has 8 nitrogen and oxygen atoms in total. The Morgan fingerprint density at radius 3 is 2.69 bits per heavy atom. The number of piperidine rings is 1. The van der Waals surface area contributed by atoms with E-state index in [1.54, 1.807) is 33.8 Å². The van der Waals surface area contributed by atoms with Gasteiger partial charge in [0.1, 0.15) is 28.6 Å². The van der Waals surface area contributed by atoms with Crippen molar-refractivity contribution in [2.24, 2.45) is 5.73 Å². The molecule has 3 aromatic rings. The van der Waals surface area contributed by atoms with Crippen LogP contribution in [0, 0.1) is 23.1 Å². The van der Waals surface area contributed by atoms with Crippen molar-refractivity contribution in [3.8, 4) is 28.9 Å². The first-order valence-corrected chi connectivity index (χ1v) is 9.93. The maximum absolute atomic E-state index is 13.5. The van der Waals surface area contributed by atoms with Gasteiger partial charge in [0.25, 0.3) is 5.91 Å². The van der Waals surface area contributed by atoms with Crippen LogP contribution in [0.15, 0.2) is 42.5 Å². The lowest BCUT2D eigenvalue weighted by atomic mass is 10.1. The number of primary amides is 1. The van der Waals surface area contributed by atoms with E-state index in [2.05, 4.69) is 11.3 Å². The number of hydrogen-bond donors (Lipinski definition) is 2. The van der Waals surface area contributed by atoms with Gasteiger partial charge in [-0.1, -0.05) is 12.1 Å². The number of nitriles is 1. The molecule has 2 heterocycles. The van der Waals surface area contributed by atoms with E-state index in [1.165, 1.54) is 6.07 Å². The molecule has 1 fully saturated rings. The molecule has 1 atom stereocenters. The Labute approximate surface area is 182 Å². The van der Waals surface area contributed by atoms with Gasteiger partial charge in [0.2, 0.25) is 0 Å². The van der Waals surface area contributed by atoms with Gasteiger partial charge < -0.3 is 21.1 Å². The van der Waals surface area contributed by atoms with Crippen molar-refractivity contribution in [3.05, 3.63) is 59.7 Å². The molecule has 0 spiro atoms. The Kier molecular flexibility index (Phi) is 5.64. The Morgan fingerprint density at radius 1 is 1.19 bits per heavy atom. The summed E-state index contributed by atoms with van der Waals surface area (Å²) in [7, 11) is 0. The summed E-state index contributed by atoms with van der Waals surface area (Å²) in [5.41, 5.74) is 12.7. The van der Waals surface area contributed by atoms with Crippen molar-refractivity contribution in [3.63, 3.8) is 0 Å². The minimum absolute atomic E-state index is 0.0732. The quantitative estimate of drug-likeness (QED) is 0.589. The topological polar surface area (TPSA) is 123 Å². The highest BCUT2D eigenvalue weighted by Crippen LogP contribution is 2.34. The van der Waals surface area contributed by atoms with Crippen LogP contribution < -0.4 is 16.2 Å². The molecule has 1 saturated heterocycles. The number of nitrogens with zero attached hydrogens (tertiary/aromatic N) is 4. The molecule has 0 bridgehead atoms. The standard InChI is InChI=1S/C22H20F2N6O2/c23-17-7-6-16(10-18(17)24)32-15-5-1-3-13(9-15)20-19(22(27)31)21(26)30(28-20)14-4-2-8-29(11-14)12-25/h1,3,5-7,9-10,14H,2,4,8,11,26H2,(H2,27,31). The van der Waals surface area contributed by atoms with Crippen LogP contribution in [0.3, 0.4) is 0 Å². The van der Waals surface area contributed by atoms with E-state index < -0.39 is 17.5 Å². The third-order valence-electron chi connectivity index (χ3n) is 5.31. The first kappa shape index (κ1) is 21.1. The second-order valence-electron chi connectivity index (χ2n) is 7.47. The molecule has 2 aromatic carbocycles. The Morgan fingerprint density at radius 2 is 1.97 bits per heavy atom. The number of hydrogen-bond acceptors (Lipinski definition) is 6. The van der Waals surface area contributed by atoms with E-state index in [0.717, 1.165) is 25.0 Å². The number of likely N-dealkylation sites (tertiary alicyclic amines) is 1. The van der Waals surface area contributed by atoms with Gasteiger partial charge in [-0.3, -0.25) is 4.79 Å². The number of rotatable bonds is 5. The second kappa shape index (κ2) is 8.55. The van der Waals surface area contributed by atoms with Crippen LogP contribution in [-0.4, -0.2) is 33.7 Å². The van der Waals surface area contributed by atoms with E-state index in [4.69, 9.17) is 16.2 Å². The summed E-state index contributed by atoms with van der Waals surface area (Å²) in [4.78, 5) is 13.8. The Bertz CT molecular complexity index is 1220. The predicted molar refractivity (Wildman–Crippen MR) is 112 cm³/mol. The average molecular weight is 438 g/mol. The maximum Gasteiger partial charge on any atom is 0.254 e. The smallest absolute Gasteiger partial charge is 0.254 e. The van der Waals surface area contributed by atoms with Gasteiger partial charge in [-0.05, 0) is 37.1 Å². The fourth-order valence-corrected chi connectivity index (χ4v) is 3.80. The number of halogens is 2. The fourth-order valence-electron chi connectivity index (χ4n) is 3.80. The van der Waals surface area contributed by atoms with Gasteiger partial charge in [0.05, 0.1) is 12.6 Å². The normalized spacial score (nSPS) is 15.9. The largest absolute Gasteiger partial charge is 0.457 e. The molecule has 164 valence electrons.